The van der Waals surface area contributed by atoms with Gasteiger partial charge in [0.05, 0.1) is 12.1 Å². The van der Waals surface area contributed by atoms with Gasteiger partial charge in [-0.2, -0.15) is 0 Å². The maximum Gasteiger partial charge on any atom is 0.0563 e. The van der Waals surface area contributed by atoms with E-state index in [4.69, 9.17) is 0 Å². The molecule has 0 radical (unpaired) electrons. The standard InChI is InChI=1S/C52H46N2.C26H26N2/c1-51(2)46-33-24-35-16-14-15-23-42(35)48(46)45-32-31-44-43-30-29-41(34-47(43)52(3,4)49(44)50(45)51)54(38-21-12-7-13-22-38)40-27-25-39(26-28-40)53(36-17-8-5-9-18-36)37-19-10-6-11-20-37;1-21-13-15-25(16-14-21)28(24-11-7-4-8-12-24)26-19-17-23(18-20-26)27(2)22-9-5-3-6-10-22/h5-19,21-28,30-34,37,41H,20,29H2,1-4H3;3-13,15-21H,14H2,1-2H3. The molecule has 0 saturated carbocycles. The van der Waals surface area contributed by atoms with Gasteiger partial charge < -0.3 is 19.6 Å². The fourth-order valence-corrected chi connectivity index (χ4v) is 13.7. The first-order valence-corrected chi connectivity index (χ1v) is 29.4. The van der Waals surface area contributed by atoms with E-state index in [1.807, 2.05) is 6.07 Å². The van der Waals surface area contributed by atoms with Crippen molar-refractivity contribution in [2.24, 2.45) is 5.92 Å². The van der Waals surface area contributed by atoms with Crippen LogP contribution >= 0.6 is 0 Å². The molecule has 5 aliphatic carbocycles. The molecule has 0 amide bonds. The van der Waals surface area contributed by atoms with Crippen LogP contribution < -0.4 is 19.6 Å². The van der Waals surface area contributed by atoms with Crippen molar-refractivity contribution in [1.29, 1.82) is 0 Å². The number of hydrogen-bond acceptors (Lipinski definition) is 4. The molecule has 3 unspecified atom stereocenters. The number of hydrogen-bond donors (Lipinski definition) is 0. The Morgan fingerprint density at radius 3 is 1.55 bits per heavy atom. The zero-order chi connectivity index (χ0) is 56.0. The Hall–Kier alpha value is -9.12. The molecule has 82 heavy (non-hydrogen) atoms. The maximum absolute atomic E-state index is 2.60. The third-order valence-corrected chi connectivity index (χ3v) is 17.8. The lowest BCUT2D eigenvalue weighted by molar-refractivity contribution is 0.595. The van der Waals surface area contributed by atoms with Crippen LogP contribution in [0.3, 0.4) is 0 Å². The van der Waals surface area contributed by atoms with Crippen molar-refractivity contribution in [3.8, 4) is 11.1 Å². The van der Waals surface area contributed by atoms with Gasteiger partial charge in [0.1, 0.15) is 0 Å². The highest BCUT2D eigenvalue weighted by atomic mass is 15.2. The van der Waals surface area contributed by atoms with Crippen molar-refractivity contribution in [1.82, 2.24) is 0 Å². The zero-order valence-electron chi connectivity index (χ0n) is 48.1. The van der Waals surface area contributed by atoms with E-state index < -0.39 is 0 Å². The highest BCUT2D eigenvalue weighted by molar-refractivity contribution is 6.05. The zero-order valence-corrected chi connectivity index (χ0v) is 48.1. The van der Waals surface area contributed by atoms with E-state index in [9.17, 15) is 0 Å². The van der Waals surface area contributed by atoms with E-state index in [0.29, 0.717) is 5.92 Å². The lowest BCUT2D eigenvalue weighted by Crippen LogP contribution is -2.33. The van der Waals surface area contributed by atoms with Crippen LogP contribution in [-0.2, 0) is 10.8 Å². The largest absolute Gasteiger partial charge is 0.345 e. The second-order valence-corrected chi connectivity index (χ2v) is 23.7. The normalized spacial score (nSPS) is 18.4. The summed E-state index contributed by atoms with van der Waals surface area (Å²) in [6.07, 6.45) is 23.9. The van der Waals surface area contributed by atoms with Crippen molar-refractivity contribution in [3.63, 3.8) is 0 Å². The third-order valence-electron chi connectivity index (χ3n) is 17.8. The van der Waals surface area contributed by atoms with Gasteiger partial charge in [-0.05, 0) is 184 Å². The van der Waals surface area contributed by atoms with E-state index >= 15 is 0 Å². The third kappa shape index (κ3) is 9.50. The summed E-state index contributed by atoms with van der Waals surface area (Å²) in [5, 5.41) is 2.67. The molecule has 0 spiro atoms. The van der Waals surface area contributed by atoms with Gasteiger partial charge in [0.25, 0.3) is 0 Å². The SMILES string of the molecule is CC1(C)C2=CC(N(c3ccccc3)c3ccc(N(c4ccccc4)C4C=CC=CC4)cc3)CC=C2c2ccc3c(c21)C(C)(C)c1ccc2ccccc2c1-3.CC1C=CC(N(c2ccccc2)c2ccc(N(C)c3ccccc3)cc2)=CC1. The summed E-state index contributed by atoms with van der Waals surface area (Å²) >= 11 is 0. The first kappa shape index (κ1) is 52.3. The van der Waals surface area contributed by atoms with Crippen LogP contribution in [0.25, 0.3) is 27.5 Å². The molecule has 4 nitrogen and oxygen atoms in total. The predicted octanol–water partition coefficient (Wildman–Crippen LogP) is 20.5. The molecule has 5 aliphatic rings. The van der Waals surface area contributed by atoms with E-state index in [2.05, 4.69) is 328 Å². The molecular weight excluding hydrogens is 993 g/mol. The first-order chi connectivity index (χ1) is 40.0. The molecule has 9 aromatic carbocycles. The monoisotopic (exact) mass is 1060 g/mol. The van der Waals surface area contributed by atoms with Gasteiger partial charge in [-0.1, -0.05) is 205 Å². The minimum Gasteiger partial charge on any atom is -0.345 e. The van der Waals surface area contributed by atoms with Gasteiger partial charge in [-0.25, -0.2) is 0 Å². The lowest BCUT2D eigenvalue weighted by atomic mass is 9.72. The van der Waals surface area contributed by atoms with Crippen molar-refractivity contribution >= 4 is 61.8 Å². The summed E-state index contributed by atoms with van der Waals surface area (Å²) in [6.45, 7) is 12.1. The average Bonchev–Trinajstić information content (AvgIpc) is 4.08. The van der Waals surface area contributed by atoms with Gasteiger partial charge >= 0.3 is 0 Å². The molecule has 9 aromatic rings. The van der Waals surface area contributed by atoms with Gasteiger partial charge in [0.15, 0.2) is 0 Å². The number of anilines is 8. The number of para-hydroxylation sites is 4. The van der Waals surface area contributed by atoms with Gasteiger partial charge in [-0.3, -0.25) is 0 Å². The topological polar surface area (TPSA) is 13.0 Å². The molecule has 4 heteroatoms. The molecule has 0 N–H and O–H groups in total. The number of fused-ring (bicyclic) bond motifs is 9. The second-order valence-electron chi connectivity index (χ2n) is 23.7. The second kappa shape index (κ2) is 21.7. The molecule has 404 valence electrons. The van der Waals surface area contributed by atoms with Crippen LogP contribution in [0.15, 0.2) is 284 Å². The Morgan fingerprint density at radius 2 is 0.939 bits per heavy atom. The molecular formula is C78H72N4. The number of rotatable bonds is 11. The maximum atomic E-state index is 2.60. The molecule has 14 rings (SSSR count). The quantitative estimate of drug-likeness (QED) is 0.128. The van der Waals surface area contributed by atoms with Crippen molar-refractivity contribution in [3.05, 3.63) is 307 Å². The molecule has 0 heterocycles. The van der Waals surface area contributed by atoms with Gasteiger partial charge in [-0.15, -0.1) is 0 Å². The smallest absolute Gasteiger partial charge is 0.0563 e. The molecule has 0 bridgehead atoms. The highest BCUT2D eigenvalue weighted by Gasteiger charge is 2.48. The molecule has 3 atom stereocenters. The van der Waals surface area contributed by atoms with E-state index in [-0.39, 0.29) is 22.9 Å². The van der Waals surface area contributed by atoms with Crippen LogP contribution in [0.5, 0.6) is 0 Å². The van der Waals surface area contributed by atoms with Gasteiger partial charge in [0.2, 0.25) is 0 Å². The lowest BCUT2D eigenvalue weighted by Gasteiger charge is -2.37. The Labute approximate surface area is 486 Å². The minimum atomic E-state index is -0.148. The summed E-state index contributed by atoms with van der Waals surface area (Å²) in [6, 6.07) is 79.7. The first-order valence-electron chi connectivity index (χ1n) is 29.4. The molecule has 0 aromatic heterocycles. The fourth-order valence-electron chi connectivity index (χ4n) is 13.7. The molecule has 0 fully saturated rings. The van der Waals surface area contributed by atoms with Crippen molar-refractivity contribution in [2.75, 3.05) is 26.6 Å². The predicted molar refractivity (Wildman–Crippen MR) is 350 cm³/mol. The van der Waals surface area contributed by atoms with Gasteiger partial charge in [0, 0.05) is 69.1 Å². The average molecular weight is 1070 g/mol. The van der Waals surface area contributed by atoms with E-state index in [0.717, 1.165) is 19.3 Å². The van der Waals surface area contributed by atoms with E-state index in [1.54, 1.807) is 0 Å². The Balaban J connectivity index is 0.000000190. The summed E-state index contributed by atoms with van der Waals surface area (Å²) in [5.41, 5.74) is 22.1. The summed E-state index contributed by atoms with van der Waals surface area (Å²) in [7, 11) is 2.10. The summed E-state index contributed by atoms with van der Waals surface area (Å²) in [4.78, 5) is 9.55. The van der Waals surface area contributed by atoms with Crippen molar-refractivity contribution in [2.45, 2.75) is 76.8 Å². The molecule has 0 saturated heterocycles. The Kier molecular flexibility index (Phi) is 13.9. The number of benzene rings is 9. The fraction of sp³-hybridized carbons (Fsp3) is 0.179. The number of nitrogens with zero attached hydrogens (tertiary/aromatic N) is 4. The summed E-state index contributed by atoms with van der Waals surface area (Å²) < 4.78 is 0. The van der Waals surface area contributed by atoms with E-state index in [1.165, 1.54) is 106 Å². The van der Waals surface area contributed by atoms with Crippen LogP contribution in [0.4, 0.5) is 45.5 Å². The number of allylic oxidation sites excluding steroid dienone is 7. The van der Waals surface area contributed by atoms with Crippen LogP contribution in [0.1, 0.15) is 76.1 Å². The Morgan fingerprint density at radius 1 is 0.427 bits per heavy atom. The minimum absolute atomic E-state index is 0.0967. The molecule has 0 aliphatic heterocycles. The van der Waals surface area contributed by atoms with Crippen LogP contribution in [0.2, 0.25) is 0 Å². The van der Waals surface area contributed by atoms with Crippen LogP contribution in [-0.4, -0.2) is 19.1 Å². The Bertz CT molecular complexity index is 3980. The van der Waals surface area contributed by atoms with Crippen molar-refractivity contribution < 1.29 is 0 Å². The van der Waals surface area contributed by atoms with Crippen LogP contribution in [0, 0.1) is 5.92 Å². The summed E-state index contributed by atoms with van der Waals surface area (Å²) in [5.74, 6) is 0.600. The highest BCUT2D eigenvalue weighted by Crippen LogP contribution is 2.61.